The molecule has 1 saturated carbocycles. The van der Waals surface area contributed by atoms with E-state index in [0.717, 1.165) is 30.4 Å². The van der Waals surface area contributed by atoms with Gasteiger partial charge in [0.15, 0.2) is 5.78 Å². The first-order valence-corrected chi connectivity index (χ1v) is 13.6. The largest absolute Gasteiger partial charge is 0.298 e. The van der Waals surface area contributed by atoms with Crippen molar-refractivity contribution in [2.45, 2.75) is 74.7 Å². The Bertz CT molecular complexity index is 1350. The van der Waals surface area contributed by atoms with Crippen molar-refractivity contribution in [3.8, 4) is 11.1 Å². The summed E-state index contributed by atoms with van der Waals surface area (Å²) in [5.41, 5.74) is 11.9. The molecule has 2 aromatic carbocycles. The van der Waals surface area contributed by atoms with Crippen LogP contribution in [0.5, 0.6) is 0 Å². The van der Waals surface area contributed by atoms with Crippen molar-refractivity contribution in [1.29, 1.82) is 0 Å². The van der Waals surface area contributed by atoms with Crippen LogP contribution in [0.1, 0.15) is 76.6 Å². The van der Waals surface area contributed by atoms with Gasteiger partial charge in [0.05, 0.1) is 5.41 Å². The Hall–Kier alpha value is -2.67. The van der Waals surface area contributed by atoms with Gasteiger partial charge in [-0.05, 0) is 110 Å². The molecular formula is C35H42O. The van der Waals surface area contributed by atoms with Gasteiger partial charge in [0.2, 0.25) is 0 Å². The third-order valence-electron chi connectivity index (χ3n) is 10.4. The Labute approximate surface area is 218 Å². The van der Waals surface area contributed by atoms with Gasteiger partial charge in [0.1, 0.15) is 0 Å². The Morgan fingerprint density at radius 3 is 2.25 bits per heavy atom. The molecule has 1 nitrogen and oxygen atoms in total. The maximum Gasteiger partial charge on any atom is 0.150 e. The fourth-order valence-corrected chi connectivity index (χ4v) is 8.78. The molecule has 0 radical (unpaired) electrons. The SMILES string of the molecule is C=C1C2=C(C)[C@@]3(C)C(=O)C(C(=C)C)C(C)C[C@@]3(C)C[C@@]2(C)Cc2c(-c3ccc(C)cc3)ccc(C)c21. The molecule has 188 valence electrons. The van der Waals surface area contributed by atoms with E-state index in [9.17, 15) is 4.79 Å². The van der Waals surface area contributed by atoms with E-state index in [1.54, 1.807) is 0 Å². The molecule has 3 aliphatic carbocycles. The van der Waals surface area contributed by atoms with Crippen molar-refractivity contribution in [2.24, 2.45) is 28.1 Å². The van der Waals surface area contributed by atoms with Crippen LogP contribution in [0.3, 0.4) is 0 Å². The summed E-state index contributed by atoms with van der Waals surface area (Å²) in [4.78, 5) is 14.3. The van der Waals surface area contributed by atoms with Crippen LogP contribution < -0.4 is 0 Å². The molecule has 2 aromatic rings. The Balaban J connectivity index is 1.75. The minimum Gasteiger partial charge on any atom is -0.298 e. The number of allylic oxidation sites excluding steroid dienone is 4. The fraction of sp³-hybridized carbons (Fsp3) is 0.457. The van der Waals surface area contributed by atoms with Crippen LogP contribution in [-0.4, -0.2) is 5.78 Å². The monoisotopic (exact) mass is 478 g/mol. The van der Waals surface area contributed by atoms with Gasteiger partial charge in [-0.15, -0.1) is 0 Å². The Morgan fingerprint density at radius 1 is 1.00 bits per heavy atom. The molecule has 0 saturated heterocycles. The number of ketones is 1. The molecule has 2 unspecified atom stereocenters. The molecule has 1 fully saturated rings. The molecule has 0 spiro atoms. The zero-order valence-electron chi connectivity index (χ0n) is 23.6. The lowest BCUT2D eigenvalue weighted by Crippen LogP contribution is -2.59. The first-order valence-electron chi connectivity index (χ1n) is 13.6. The number of Topliss-reactive ketones (excluding diaryl/α,β-unsaturated/α-hetero) is 1. The van der Waals surface area contributed by atoms with Gasteiger partial charge in [0.25, 0.3) is 0 Å². The van der Waals surface area contributed by atoms with Crippen LogP contribution in [0.25, 0.3) is 16.7 Å². The standard InChI is InChI=1S/C35H42O/c1-20(2)29-23(5)17-34(9)19-33(8)18-28-27(26-14-11-21(3)12-15-26)16-13-22(4)30(28)24(6)31(33)25(7)35(34,10)32(29)36/h11-16,23,29H,1,6,17-19H2,2-5,7-10H3/t23?,29?,33-,34+,35+/m1/s1. The quantitative estimate of drug-likeness (QED) is 0.393. The highest BCUT2D eigenvalue weighted by Crippen LogP contribution is 2.69. The zero-order chi connectivity index (χ0) is 26.4. The van der Waals surface area contributed by atoms with Crippen LogP contribution in [0, 0.1) is 41.9 Å². The van der Waals surface area contributed by atoms with E-state index < -0.39 is 5.41 Å². The lowest BCUT2D eigenvalue weighted by molar-refractivity contribution is -0.148. The maximum absolute atomic E-state index is 14.3. The molecule has 3 aliphatic rings. The lowest BCUT2D eigenvalue weighted by Gasteiger charge is -2.62. The number of carbonyl (C=O) groups excluding carboxylic acids is 1. The van der Waals surface area contributed by atoms with Gasteiger partial charge in [-0.2, -0.15) is 0 Å². The summed E-state index contributed by atoms with van der Waals surface area (Å²) in [5, 5.41) is 0. The average molecular weight is 479 g/mol. The molecule has 1 heteroatoms. The molecule has 0 N–H and O–H groups in total. The average Bonchev–Trinajstić information content (AvgIpc) is 2.76. The first-order chi connectivity index (χ1) is 16.7. The molecule has 5 rings (SSSR count). The summed E-state index contributed by atoms with van der Waals surface area (Å²) in [6, 6.07) is 13.5. The van der Waals surface area contributed by atoms with Crippen LogP contribution >= 0.6 is 0 Å². The molecule has 0 heterocycles. The minimum atomic E-state index is -0.499. The second-order valence-electron chi connectivity index (χ2n) is 13.1. The highest BCUT2D eigenvalue weighted by atomic mass is 16.1. The number of aryl methyl sites for hydroxylation is 2. The second kappa shape index (κ2) is 7.91. The van der Waals surface area contributed by atoms with Crippen molar-refractivity contribution in [3.63, 3.8) is 0 Å². The molecule has 36 heavy (non-hydrogen) atoms. The van der Waals surface area contributed by atoms with Gasteiger partial charge >= 0.3 is 0 Å². The first kappa shape index (κ1) is 25.0. The van der Waals surface area contributed by atoms with E-state index in [1.165, 1.54) is 44.5 Å². The summed E-state index contributed by atoms with van der Waals surface area (Å²) >= 11 is 0. The lowest BCUT2D eigenvalue weighted by atomic mass is 9.40. The minimum absolute atomic E-state index is 0.0499. The molecule has 0 aromatic heterocycles. The van der Waals surface area contributed by atoms with Gasteiger partial charge in [-0.3, -0.25) is 4.79 Å². The number of benzene rings is 2. The van der Waals surface area contributed by atoms with Crippen molar-refractivity contribution >= 4 is 11.4 Å². The van der Waals surface area contributed by atoms with E-state index in [4.69, 9.17) is 6.58 Å². The normalized spacial score (nSPS) is 33.7. The van der Waals surface area contributed by atoms with Gasteiger partial charge in [-0.1, -0.05) is 87.0 Å². The third kappa shape index (κ3) is 3.17. The molecule has 0 bridgehead atoms. The van der Waals surface area contributed by atoms with Crippen LogP contribution in [0.4, 0.5) is 0 Å². The van der Waals surface area contributed by atoms with E-state index in [0.29, 0.717) is 11.7 Å². The summed E-state index contributed by atoms with van der Waals surface area (Å²) in [6.45, 7) is 26.9. The van der Waals surface area contributed by atoms with Gasteiger partial charge in [-0.25, -0.2) is 0 Å². The van der Waals surface area contributed by atoms with Crippen molar-refractivity contribution in [2.75, 3.05) is 0 Å². The van der Waals surface area contributed by atoms with Crippen LogP contribution in [0.15, 0.2) is 66.3 Å². The van der Waals surface area contributed by atoms with E-state index in [1.807, 2.05) is 6.92 Å². The summed E-state index contributed by atoms with van der Waals surface area (Å²) < 4.78 is 0. The number of rotatable bonds is 2. The highest BCUT2D eigenvalue weighted by molar-refractivity contribution is 5.97. The Kier molecular flexibility index (Phi) is 5.49. The van der Waals surface area contributed by atoms with Crippen LogP contribution in [-0.2, 0) is 11.2 Å². The number of fused-ring (bicyclic) bond motifs is 3. The topological polar surface area (TPSA) is 17.1 Å². The van der Waals surface area contributed by atoms with Gasteiger partial charge in [0, 0.05) is 5.92 Å². The summed E-state index contributed by atoms with van der Waals surface area (Å²) in [5.74, 6) is 0.615. The number of carbonyl (C=O) groups is 1. The van der Waals surface area contributed by atoms with E-state index >= 15 is 0 Å². The maximum atomic E-state index is 14.3. The van der Waals surface area contributed by atoms with Crippen LogP contribution in [0.2, 0.25) is 0 Å². The second-order valence-corrected chi connectivity index (χ2v) is 13.1. The Morgan fingerprint density at radius 2 is 1.64 bits per heavy atom. The summed E-state index contributed by atoms with van der Waals surface area (Å²) in [6.07, 6.45) is 3.03. The van der Waals surface area contributed by atoms with Crippen molar-refractivity contribution in [3.05, 3.63) is 88.5 Å². The van der Waals surface area contributed by atoms with E-state index in [2.05, 4.69) is 91.4 Å². The third-order valence-corrected chi connectivity index (χ3v) is 10.4. The molecular weight excluding hydrogens is 436 g/mol. The zero-order valence-corrected chi connectivity index (χ0v) is 23.6. The number of hydrogen-bond donors (Lipinski definition) is 0. The smallest absolute Gasteiger partial charge is 0.150 e. The highest BCUT2D eigenvalue weighted by Gasteiger charge is 2.64. The number of hydrogen-bond acceptors (Lipinski definition) is 1. The molecule has 0 aliphatic heterocycles. The fourth-order valence-electron chi connectivity index (χ4n) is 8.78. The predicted molar refractivity (Wildman–Crippen MR) is 153 cm³/mol. The van der Waals surface area contributed by atoms with Crippen molar-refractivity contribution in [1.82, 2.24) is 0 Å². The predicted octanol–water partition coefficient (Wildman–Crippen LogP) is 9.08. The van der Waals surface area contributed by atoms with Gasteiger partial charge < -0.3 is 0 Å². The molecule has 0 amide bonds. The molecule has 5 atom stereocenters. The summed E-state index contributed by atoms with van der Waals surface area (Å²) in [7, 11) is 0. The van der Waals surface area contributed by atoms with E-state index in [-0.39, 0.29) is 16.7 Å². The van der Waals surface area contributed by atoms with Crippen molar-refractivity contribution < 1.29 is 4.79 Å².